The van der Waals surface area contributed by atoms with Crippen LogP contribution in [-0.4, -0.2) is 39.1 Å². The first-order valence-corrected chi connectivity index (χ1v) is 8.49. The van der Waals surface area contributed by atoms with Gasteiger partial charge in [0, 0.05) is 38.4 Å². The SMILES string of the molecule is O=c1ccnc2sc(NCCN3CCc4ccccc4C3)nn12. The van der Waals surface area contributed by atoms with E-state index in [2.05, 4.69) is 44.6 Å². The maximum absolute atomic E-state index is 11.7. The topological polar surface area (TPSA) is 62.5 Å². The maximum atomic E-state index is 11.7. The van der Waals surface area contributed by atoms with Crippen LogP contribution in [0.25, 0.3) is 4.96 Å². The lowest BCUT2D eigenvalue weighted by atomic mass is 10.00. The molecule has 0 unspecified atom stereocenters. The Morgan fingerprint density at radius 3 is 2.96 bits per heavy atom. The van der Waals surface area contributed by atoms with Crippen LogP contribution in [-0.2, 0) is 13.0 Å². The fraction of sp³-hybridized carbons (Fsp3) is 0.312. The number of benzene rings is 1. The lowest BCUT2D eigenvalue weighted by molar-refractivity contribution is 0.264. The predicted molar refractivity (Wildman–Crippen MR) is 91.0 cm³/mol. The minimum absolute atomic E-state index is 0.146. The molecule has 0 spiro atoms. The number of anilines is 1. The van der Waals surface area contributed by atoms with Gasteiger partial charge in [0.2, 0.25) is 10.1 Å². The van der Waals surface area contributed by atoms with E-state index in [0.717, 1.165) is 37.7 Å². The van der Waals surface area contributed by atoms with Gasteiger partial charge < -0.3 is 5.32 Å². The van der Waals surface area contributed by atoms with Crippen molar-refractivity contribution in [1.82, 2.24) is 19.5 Å². The van der Waals surface area contributed by atoms with E-state index in [-0.39, 0.29) is 5.56 Å². The van der Waals surface area contributed by atoms with Crippen molar-refractivity contribution in [3.63, 3.8) is 0 Å². The van der Waals surface area contributed by atoms with Crippen LogP contribution in [0.2, 0.25) is 0 Å². The summed E-state index contributed by atoms with van der Waals surface area (Å²) in [5.41, 5.74) is 2.75. The third-order valence-electron chi connectivity index (χ3n) is 4.08. The van der Waals surface area contributed by atoms with Crippen molar-refractivity contribution in [2.24, 2.45) is 0 Å². The molecule has 7 heteroatoms. The Hall–Kier alpha value is -2.25. The highest BCUT2D eigenvalue weighted by atomic mass is 32.1. The lowest BCUT2D eigenvalue weighted by Crippen LogP contribution is -2.34. The van der Waals surface area contributed by atoms with Gasteiger partial charge in [0.05, 0.1) is 0 Å². The molecule has 4 rings (SSSR count). The van der Waals surface area contributed by atoms with E-state index in [9.17, 15) is 4.79 Å². The molecule has 118 valence electrons. The minimum Gasteiger partial charge on any atom is -0.359 e. The van der Waals surface area contributed by atoms with Gasteiger partial charge in [-0.25, -0.2) is 4.98 Å². The third kappa shape index (κ3) is 2.97. The number of hydrogen-bond donors (Lipinski definition) is 1. The van der Waals surface area contributed by atoms with Crippen molar-refractivity contribution < 1.29 is 0 Å². The fourth-order valence-electron chi connectivity index (χ4n) is 2.88. The molecule has 0 saturated carbocycles. The van der Waals surface area contributed by atoms with Crippen molar-refractivity contribution in [2.45, 2.75) is 13.0 Å². The van der Waals surface area contributed by atoms with Crippen molar-refractivity contribution in [3.05, 3.63) is 58.0 Å². The summed E-state index contributed by atoms with van der Waals surface area (Å²) in [7, 11) is 0. The number of nitrogens with zero attached hydrogens (tertiary/aromatic N) is 4. The Labute approximate surface area is 137 Å². The van der Waals surface area contributed by atoms with E-state index in [1.165, 1.54) is 39.2 Å². The zero-order chi connectivity index (χ0) is 15.6. The average molecular weight is 327 g/mol. The van der Waals surface area contributed by atoms with E-state index in [0.29, 0.717) is 4.96 Å². The van der Waals surface area contributed by atoms with Crippen LogP contribution >= 0.6 is 11.3 Å². The van der Waals surface area contributed by atoms with Gasteiger partial charge in [-0.2, -0.15) is 4.52 Å². The second-order valence-electron chi connectivity index (χ2n) is 5.61. The van der Waals surface area contributed by atoms with Gasteiger partial charge in [-0.1, -0.05) is 35.6 Å². The van der Waals surface area contributed by atoms with Crippen LogP contribution in [0, 0.1) is 0 Å². The molecule has 3 aromatic rings. The summed E-state index contributed by atoms with van der Waals surface area (Å²) in [5, 5.41) is 8.29. The first-order chi connectivity index (χ1) is 11.3. The Bertz CT molecular complexity index is 887. The minimum atomic E-state index is -0.146. The Morgan fingerprint density at radius 1 is 1.22 bits per heavy atom. The van der Waals surface area contributed by atoms with E-state index in [4.69, 9.17) is 0 Å². The zero-order valence-electron chi connectivity index (χ0n) is 12.6. The molecule has 0 fully saturated rings. The molecule has 0 bridgehead atoms. The number of hydrogen-bond acceptors (Lipinski definition) is 6. The highest BCUT2D eigenvalue weighted by Gasteiger charge is 2.15. The summed E-state index contributed by atoms with van der Waals surface area (Å²) in [6, 6.07) is 10.1. The van der Waals surface area contributed by atoms with Gasteiger partial charge in [0.1, 0.15) is 0 Å². The second-order valence-corrected chi connectivity index (χ2v) is 6.56. The molecule has 0 atom stereocenters. The van der Waals surface area contributed by atoms with Crippen LogP contribution in [0.5, 0.6) is 0 Å². The summed E-state index contributed by atoms with van der Waals surface area (Å²) in [6.07, 6.45) is 2.63. The van der Waals surface area contributed by atoms with Gasteiger partial charge >= 0.3 is 0 Å². The summed E-state index contributed by atoms with van der Waals surface area (Å²) in [5.74, 6) is 0. The molecule has 6 nitrogen and oxygen atoms in total. The molecule has 1 aliphatic rings. The van der Waals surface area contributed by atoms with E-state index >= 15 is 0 Å². The van der Waals surface area contributed by atoms with Crippen LogP contribution < -0.4 is 10.9 Å². The van der Waals surface area contributed by atoms with Crippen molar-refractivity contribution in [2.75, 3.05) is 25.0 Å². The fourth-order valence-corrected chi connectivity index (χ4v) is 3.68. The van der Waals surface area contributed by atoms with E-state index in [1.54, 1.807) is 0 Å². The van der Waals surface area contributed by atoms with Crippen LogP contribution in [0.4, 0.5) is 5.13 Å². The molecule has 2 aromatic heterocycles. The first-order valence-electron chi connectivity index (χ1n) is 7.67. The van der Waals surface area contributed by atoms with Gasteiger partial charge in [-0.3, -0.25) is 9.69 Å². The Morgan fingerprint density at radius 2 is 2.09 bits per heavy atom. The molecule has 0 radical (unpaired) electrons. The standard InChI is InChI=1S/C16H17N5OS/c22-14-5-7-18-16-21(14)19-15(23-16)17-8-10-20-9-6-12-3-1-2-4-13(12)11-20/h1-5,7H,6,8-11H2,(H,17,19). The molecular formula is C16H17N5OS. The Kier molecular flexibility index (Phi) is 3.80. The monoisotopic (exact) mass is 327 g/mol. The summed E-state index contributed by atoms with van der Waals surface area (Å²) >= 11 is 1.40. The number of fused-ring (bicyclic) bond motifs is 2. The highest BCUT2D eigenvalue weighted by Crippen LogP contribution is 2.19. The summed E-state index contributed by atoms with van der Waals surface area (Å²) in [6.45, 7) is 3.83. The molecular weight excluding hydrogens is 310 g/mol. The molecule has 0 saturated heterocycles. The third-order valence-corrected chi connectivity index (χ3v) is 4.97. The molecule has 1 aliphatic heterocycles. The van der Waals surface area contributed by atoms with Gasteiger partial charge in [-0.15, -0.1) is 5.10 Å². The zero-order valence-corrected chi connectivity index (χ0v) is 13.4. The maximum Gasteiger partial charge on any atom is 0.275 e. The predicted octanol–water partition coefficient (Wildman–Crippen LogP) is 1.62. The molecule has 23 heavy (non-hydrogen) atoms. The summed E-state index contributed by atoms with van der Waals surface area (Å²) < 4.78 is 1.34. The van der Waals surface area contributed by atoms with Crippen molar-refractivity contribution >= 4 is 21.4 Å². The lowest BCUT2D eigenvalue weighted by Gasteiger charge is -2.28. The van der Waals surface area contributed by atoms with Crippen LogP contribution in [0.15, 0.2) is 41.3 Å². The van der Waals surface area contributed by atoms with Crippen molar-refractivity contribution in [3.8, 4) is 0 Å². The van der Waals surface area contributed by atoms with Crippen LogP contribution in [0.3, 0.4) is 0 Å². The molecule has 1 N–H and O–H groups in total. The number of rotatable bonds is 4. The smallest absolute Gasteiger partial charge is 0.275 e. The first kappa shape index (κ1) is 14.3. The normalized spacial score (nSPS) is 14.8. The second kappa shape index (κ2) is 6.10. The average Bonchev–Trinajstić information content (AvgIpc) is 2.99. The van der Waals surface area contributed by atoms with Crippen LogP contribution in [0.1, 0.15) is 11.1 Å². The number of nitrogens with one attached hydrogen (secondary N) is 1. The molecule has 0 aliphatic carbocycles. The largest absolute Gasteiger partial charge is 0.359 e. The van der Waals surface area contributed by atoms with Gasteiger partial charge in [0.25, 0.3) is 5.56 Å². The van der Waals surface area contributed by atoms with E-state index < -0.39 is 0 Å². The van der Waals surface area contributed by atoms with E-state index in [1.807, 2.05) is 0 Å². The number of aromatic nitrogens is 3. The van der Waals surface area contributed by atoms with Gasteiger partial charge in [-0.05, 0) is 17.5 Å². The van der Waals surface area contributed by atoms with Gasteiger partial charge in [0.15, 0.2) is 0 Å². The van der Waals surface area contributed by atoms with Crippen molar-refractivity contribution in [1.29, 1.82) is 0 Å². The quantitative estimate of drug-likeness (QED) is 0.789. The highest BCUT2D eigenvalue weighted by molar-refractivity contribution is 7.20. The molecule has 0 amide bonds. The summed E-state index contributed by atoms with van der Waals surface area (Å²) in [4.78, 5) is 18.9. The molecule has 3 heterocycles. The Balaban J connectivity index is 1.37. The molecule has 1 aromatic carbocycles.